The molecule has 2 N–H and O–H groups in total. The average Bonchev–Trinajstić information content (AvgIpc) is 2.37. The van der Waals surface area contributed by atoms with Crippen LogP contribution < -0.4 is 15.5 Å². The van der Waals surface area contributed by atoms with Gasteiger partial charge in [-0.2, -0.15) is 5.10 Å². The van der Waals surface area contributed by atoms with Gasteiger partial charge in [0.1, 0.15) is 5.75 Å². The van der Waals surface area contributed by atoms with Crippen molar-refractivity contribution < 1.29 is 4.74 Å². The molecule has 0 amide bonds. The molecule has 0 radical (unpaired) electrons. The van der Waals surface area contributed by atoms with E-state index in [1.165, 1.54) is 0 Å². The Morgan fingerprint density at radius 1 is 1.56 bits per heavy atom. The molecule has 6 heteroatoms. The van der Waals surface area contributed by atoms with E-state index in [-0.39, 0.29) is 0 Å². The number of hydrazone groups is 1. The van der Waals surface area contributed by atoms with Gasteiger partial charge in [-0.3, -0.25) is 5.43 Å². The zero-order valence-electron chi connectivity index (χ0n) is 10.4. The summed E-state index contributed by atoms with van der Waals surface area (Å²) in [6.07, 6.45) is 2.65. The topological polar surface area (TPSA) is 45.6 Å². The highest BCUT2D eigenvalue weighted by molar-refractivity contribution is 9.10. The Balaban J connectivity index is 2.78. The van der Waals surface area contributed by atoms with E-state index in [4.69, 9.17) is 17.0 Å². The maximum Gasteiger partial charge on any atom is 0.186 e. The molecule has 0 spiro atoms. The predicted molar refractivity (Wildman–Crippen MR) is 82.3 cm³/mol. The largest absolute Gasteiger partial charge is 0.493 e. The molecule has 0 aliphatic heterocycles. The first-order valence-electron chi connectivity index (χ1n) is 5.60. The molecule has 0 atom stereocenters. The minimum absolute atomic E-state index is 0.470. The fourth-order valence-corrected chi connectivity index (χ4v) is 1.61. The van der Waals surface area contributed by atoms with Crippen LogP contribution in [-0.2, 0) is 0 Å². The number of rotatable bonds is 5. The first kappa shape index (κ1) is 14.9. The van der Waals surface area contributed by atoms with Crippen molar-refractivity contribution in [2.45, 2.75) is 13.3 Å². The quantitative estimate of drug-likeness (QED) is 0.495. The molecule has 4 nitrogen and oxygen atoms in total. The second-order valence-corrected chi connectivity index (χ2v) is 4.80. The highest BCUT2D eigenvalue weighted by atomic mass is 79.9. The fourth-order valence-electron chi connectivity index (χ4n) is 1.18. The van der Waals surface area contributed by atoms with Gasteiger partial charge in [0.25, 0.3) is 0 Å². The normalized spacial score (nSPS) is 10.4. The van der Waals surface area contributed by atoms with Crippen LogP contribution in [0, 0.1) is 0 Å². The van der Waals surface area contributed by atoms with Gasteiger partial charge in [-0.1, -0.05) is 22.9 Å². The molecule has 0 heterocycles. The van der Waals surface area contributed by atoms with Gasteiger partial charge in [-0.25, -0.2) is 0 Å². The number of benzene rings is 1. The fraction of sp³-hybridized carbons (Fsp3) is 0.333. The zero-order chi connectivity index (χ0) is 13.4. The number of nitrogens with zero attached hydrogens (tertiary/aromatic N) is 1. The summed E-state index contributed by atoms with van der Waals surface area (Å²) in [5.74, 6) is 0.806. The molecular formula is C12H16BrN3OS. The van der Waals surface area contributed by atoms with Crippen LogP contribution in [0.1, 0.15) is 18.9 Å². The summed E-state index contributed by atoms with van der Waals surface area (Å²) >= 11 is 8.35. The maximum atomic E-state index is 5.64. The third-order valence-electron chi connectivity index (χ3n) is 2.03. The van der Waals surface area contributed by atoms with Crippen LogP contribution in [0.25, 0.3) is 0 Å². The summed E-state index contributed by atoms with van der Waals surface area (Å²) in [7, 11) is 1.74. The smallest absolute Gasteiger partial charge is 0.186 e. The van der Waals surface area contributed by atoms with E-state index in [2.05, 4.69) is 38.7 Å². The minimum Gasteiger partial charge on any atom is -0.493 e. The molecule has 0 unspecified atom stereocenters. The van der Waals surface area contributed by atoms with Crippen LogP contribution in [0.15, 0.2) is 27.8 Å². The Hall–Kier alpha value is -1.14. The molecule has 18 heavy (non-hydrogen) atoms. The number of hydrogen-bond acceptors (Lipinski definition) is 3. The summed E-state index contributed by atoms with van der Waals surface area (Å²) in [6, 6.07) is 5.80. The summed E-state index contributed by atoms with van der Waals surface area (Å²) in [6.45, 7) is 2.75. The lowest BCUT2D eigenvalue weighted by molar-refractivity contribution is 0.317. The molecule has 1 aromatic carbocycles. The van der Waals surface area contributed by atoms with Crippen molar-refractivity contribution in [3.8, 4) is 5.75 Å². The summed E-state index contributed by atoms with van der Waals surface area (Å²) < 4.78 is 6.61. The monoisotopic (exact) mass is 329 g/mol. The number of ether oxygens (including phenoxy) is 1. The molecule has 0 saturated heterocycles. The van der Waals surface area contributed by atoms with E-state index in [0.717, 1.165) is 22.2 Å². The molecular weight excluding hydrogens is 314 g/mol. The lowest BCUT2D eigenvalue weighted by Gasteiger charge is -2.08. The first-order chi connectivity index (χ1) is 8.67. The summed E-state index contributed by atoms with van der Waals surface area (Å²) in [4.78, 5) is 0. The van der Waals surface area contributed by atoms with Crippen molar-refractivity contribution in [1.82, 2.24) is 10.7 Å². The molecule has 1 aromatic rings. The molecule has 0 aromatic heterocycles. The molecule has 0 fully saturated rings. The van der Waals surface area contributed by atoms with Crippen molar-refractivity contribution in [2.75, 3.05) is 13.7 Å². The van der Waals surface area contributed by atoms with Crippen LogP contribution in [0.3, 0.4) is 0 Å². The van der Waals surface area contributed by atoms with Crippen LogP contribution >= 0.6 is 28.1 Å². The Kier molecular flexibility index (Phi) is 6.67. The molecule has 98 valence electrons. The maximum absolute atomic E-state index is 5.64. The Labute approximate surface area is 121 Å². The van der Waals surface area contributed by atoms with Gasteiger partial charge >= 0.3 is 0 Å². The molecule has 0 aliphatic carbocycles. The van der Waals surface area contributed by atoms with E-state index in [1.807, 2.05) is 18.2 Å². The Morgan fingerprint density at radius 2 is 2.33 bits per heavy atom. The first-order valence-corrected chi connectivity index (χ1v) is 6.80. The van der Waals surface area contributed by atoms with Gasteiger partial charge in [-0.05, 0) is 36.8 Å². The van der Waals surface area contributed by atoms with Crippen LogP contribution in [0.4, 0.5) is 0 Å². The standard InChI is InChI=1S/C12H16BrN3OS/c1-3-6-17-11-5-4-10(13)7-9(11)8-15-16-12(18)14-2/h4-5,7-8H,3,6H2,1-2H3,(H2,14,16,18)/b15-8-. The minimum atomic E-state index is 0.470. The molecule has 0 saturated carbocycles. The van der Waals surface area contributed by atoms with Gasteiger partial charge < -0.3 is 10.1 Å². The van der Waals surface area contributed by atoms with Crippen LogP contribution in [0.5, 0.6) is 5.75 Å². The predicted octanol–water partition coefficient (Wildman–Crippen LogP) is 2.67. The van der Waals surface area contributed by atoms with E-state index in [9.17, 15) is 0 Å². The highest BCUT2D eigenvalue weighted by Gasteiger charge is 2.02. The zero-order valence-corrected chi connectivity index (χ0v) is 12.8. The SMILES string of the molecule is CCCOc1ccc(Br)cc1/C=N\NC(=S)NC. The van der Waals surface area contributed by atoms with E-state index < -0.39 is 0 Å². The van der Waals surface area contributed by atoms with Gasteiger partial charge in [0.15, 0.2) is 5.11 Å². The number of hydrogen-bond donors (Lipinski definition) is 2. The van der Waals surface area contributed by atoms with Crippen molar-refractivity contribution in [2.24, 2.45) is 5.10 Å². The van der Waals surface area contributed by atoms with Crippen LogP contribution in [0.2, 0.25) is 0 Å². The summed E-state index contributed by atoms with van der Waals surface area (Å²) in [5.41, 5.74) is 3.60. The number of thiocarbonyl (C=S) groups is 1. The third-order valence-corrected chi connectivity index (χ3v) is 2.82. The lowest BCUT2D eigenvalue weighted by atomic mass is 10.2. The van der Waals surface area contributed by atoms with E-state index in [1.54, 1.807) is 13.3 Å². The van der Waals surface area contributed by atoms with Crippen molar-refractivity contribution in [3.05, 3.63) is 28.2 Å². The van der Waals surface area contributed by atoms with Gasteiger partial charge in [0.2, 0.25) is 0 Å². The van der Waals surface area contributed by atoms with Crippen molar-refractivity contribution in [3.63, 3.8) is 0 Å². The van der Waals surface area contributed by atoms with E-state index >= 15 is 0 Å². The average molecular weight is 330 g/mol. The van der Waals surface area contributed by atoms with Crippen molar-refractivity contribution in [1.29, 1.82) is 0 Å². The van der Waals surface area contributed by atoms with E-state index in [0.29, 0.717) is 11.7 Å². The van der Waals surface area contributed by atoms with Gasteiger partial charge in [0.05, 0.1) is 12.8 Å². The second-order valence-electron chi connectivity index (χ2n) is 3.48. The molecule has 1 rings (SSSR count). The Bertz CT molecular complexity index is 437. The number of halogens is 1. The number of nitrogens with one attached hydrogen (secondary N) is 2. The summed E-state index contributed by atoms with van der Waals surface area (Å²) in [5, 5.41) is 7.29. The van der Waals surface area contributed by atoms with Gasteiger partial charge in [-0.15, -0.1) is 0 Å². The molecule has 0 aliphatic rings. The molecule has 0 bridgehead atoms. The third kappa shape index (κ3) is 5.01. The Morgan fingerprint density at radius 3 is 3.00 bits per heavy atom. The van der Waals surface area contributed by atoms with Gasteiger partial charge in [0, 0.05) is 17.1 Å². The highest BCUT2D eigenvalue weighted by Crippen LogP contribution is 2.21. The van der Waals surface area contributed by atoms with Crippen LogP contribution in [-0.4, -0.2) is 25.0 Å². The lowest BCUT2D eigenvalue weighted by Crippen LogP contribution is -2.28. The van der Waals surface area contributed by atoms with Crippen molar-refractivity contribution >= 4 is 39.5 Å². The second kappa shape index (κ2) is 8.05.